The maximum atomic E-state index is 11.6. The number of ether oxygens (including phenoxy) is 4. The van der Waals surface area contributed by atoms with Gasteiger partial charge in [-0.2, -0.15) is 0 Å². The van der Waals surface area contributed by atoms with E-state index < -0.39 is 17.4 Å². The van der Waals surface area contributed by atoms with Gasteiger partial charge in [0, 0.05) is 11.1 Å². The Morgan fingerprint density at radius 1 is 0.558 bits per heavy atom. The summed E-state index contributed by atoms with van der Waals surface area (Å²) in [7, 11) is 0. The van der Waals surface area contributed by atoms with Crippen molar-refractivity contribution in [2.75, 3.05) is 26.4 Å². The van der Waals surface area contributed by atoms with Crippen LogP contribution in [0.5, 0.6) is 11.5 Å². The van der Waals surface area contributed by atoms with Crippen LogP contribution in [0.1, 0.15) is 36.1 Å². The average Bonchev–Trinajstić information content (AvgIpc) is 3.33. The molecule has 6 heteroatoms. The Balaban J connectivity index is 1.44. The van der Waals surface area contributed by atoms with Gasteiger partial charge in [-0.1, -0.05) is 86.0 Å². The third kappa shape index (κ3) is 5.95. The Kier molecular flexibility index (Phi) is 8.77. The summed E-state index contributed by atoms with van der Waals surface area (Å²) in [6, 6.07) is 33.2. The van der Waals surface area contributed by atoms with E-state index in [-0.39, 0.29) is 26.4 Å². The fourth-order valence-electron chi connectivity index (χ4n) is 5.46. The molecule has 0 saturated heterocycles. The predicted octanol–water partition coefficient (Wildman–Crippen LogP) is 7.05. The molecule has 0 amide bonds. The van der Waals surface area contributed by atoms with Gasteiger partial charge in [0.15, 0.2) is 0 Å². The van der Waals surface area contributed by atoms with Gasteiger partial charge in [-0.05, 0) is 71.5 Å². The molecular weight excluding hydrogens is 540 g/mol. The predicted molar refractivity (Wildman–Crippen MR) is 166 cm³/mol. The van der Waals surface area contributed by atoms with Gasteiger partial charge in [0.25, 0.3) is 0 Å². The van der Waals surface area contributed by atoms with Gasteiger partial charge in [-0.25, -0.2) is 9.59 Å². The number of esters is 2. The summed E-state index contributed by atoms with van der Waals surface area (Å²) < 4.78 is 22.0. The number of carbonyl (C=O) groups is 2. The van der Waals surface area contributed by atoms with E-state index in [1.807, 2.05) is 24.3 Å². The van der Waals surface area contributed by atoms with Crippen LogP contribution in [0.25, 0.3) is 11.1 Å². The van der Waals surface area contributed by atoms with Crippen LogP contribution in [0.4, 0.5) is 0 Å². The van der Waals surface area contributed by atoms with Crippen molar-refractivity contribution in [1.82, 2.24) is 0 Å². The van der Waals surface area contributed by atoms with Crippen molar-refractivity contribution in [3.63, 3.8) is 0 Å². The minimum absolute atomic E-state index is 0.142. The molecule has 0 saturated carbocycles. The summed E-state index contributed by atoms with van der Waals surface area (Å²) in [4.78, 5) is 23.3. The lowest BCUT2D eigenvalue weighted by atomic mass is 9.68. The molecule has 4 aromatic carbocycles. The second kappa shape index (κ2) is 12.8. The Labute approximate surface area is 252 Å². The molecule has 218 valence electrons. The first-order valence-corrected chi connectivity index (χ1v) is 14.1. The first-order valence-electron chi connectivity index (χ1n) is 14.1. The van der Waals surface area contributed by atoms with E-state index in [0.717, 1.165) is 11.1 Å². The molecule has 0 heterocycles. The molecule has 1 aliphatic carbocycles. The molecule has 0 fully saturated rings. The average molecular weight is 575 g/mol. The molecule has 6 nitrogen and oxygen atoms in total. The quantitative estimate of drug-likeness (QED) is 0.0904. The zero-order valence-corrected chi connectivity index (χ0v) is 24.4. The van der Waals surface area contributed by atoms with Crippen LogP contribution in [0.15, 0.2) is 121 Å². The topological polar surface area (TPSA) is 71.1 Å². The van der Waals surface area contributed by atoms with Crippen molar-refractivity contribution < 1.29 is 28.5 Å². The number of rotatable bonds is 12. The van der Waals surface area contributed by atoms with Crippen molar-refractivity contribution in [1.29, 1.82) is 0 Å². The zero-order valence-electron chi connectivity index (χ0n) is 24.4. The molecule has 0 N–H and O–H groups in total. The van der Waals surface area contributed by atoms with Crippen LogP contribution < -0.4 is 9.47 Å². The lowest BCUT2D eigenvalue weighted by Gasteiger charge is -2.34. The van der Waals surface area contributed by atoms with Crippen molar-refractivity contribution in [2.45, 2.75) is 19.3 Å². The molecule has 0 radical (unpaired) electrons. The van der Waals surface area contributed by atoms with E-state index in [0.29, 0.717) is 22.6 Å². The fraction of sp³-hybridized carbons (Fsp3) is 0.189. The SMILES string of the molecule is C=C(C)C(=O)OCCOc1ccc(C2(c3ccc(OCCOC(=O)C(=C)C)cc3)c3ccccc3-c3ccccc32)cc1. The van der Waals surface area contributed by atoms with E-state index in [4.69, 9.17) is 18.9 Å². The summed E-state index contributed by atoms with van der Waals surface area (Å²) in [6.45, 7) is 11.2. The van der Waals surface area contributed by atoms with Gasteiger partial charge in [-0.15, -0.1) is 0 Å². The fourth-order valence-corrected chi connectivity index (χ4v) is 5.46. The number of hydrogen-bond donors (Lipinski definition) is 0. The van der Waals surface area contributed by atoms with Crippen molar-refractivity contribution in [3.05, 3.63) is 144 Å². The molecule has 0 aliphatic heterocycles. The molecule has 5 rings (SSSR count). The van der Waals surface area contributed by atoms with Crippen LogP contribution in [0.3, 0.4) is 0 Å². The van der Waals surface area contributed by atoms with Crippen molar-refractivity contribution in [3.8, 4) is 22.6 Å². The summed E-state index contributed by atoms with van der Waals surface area (Å²) in [5, 5.41) is 0. The number of benzene rings is 4. The molecule has 0 aromatic heterocycles. The molecule has 1 aliphatic rings. The van der Waals surface area contributed by atoms with Gasteiger partial charge in [0.2, 0.25) is 0 Å². The van der Waals surface area contributed by atoms with Gasteiger partial charge in [-0.3, -0.25) is 0 Å². The van der Waals surface area contributed by atoms with Crippen LogP contribution in [-0.2, 0) is 24.5 Å². The second-order valence-electron chi connectivity index (χ2n) is 10.4. The van der Waals surface area contributed by atoms with E-state index in [2.05, 4.69) is 86.0 Å². The first-order chi connectivity index (χ1) is 20.8. The molecule has 43 heavy (non-hydrogen) atoms. The van der Waals surface area contributed by atoms with Crippen LogP contribution in [0.2, 0.25) is 0 Å². The smallest absolute Gasteiger partial charge is 0.333 e. The largest absolute Gasteiger partial charge is 0.490 e. The second-order valence-corrected chi connectivity index (χ2v) is 10.4. The van der Waals surface area contributed by atoms with Crippen molar-refractivity contribution in [2.24, 2.45) is 0 Å². The highest BCUT2D eigenvalue weighted by Gasteiger charge is 2.45. The highest BCUT2D eigenvalue weighted by molar-refractivity contribution is 5.87. The van der Waals surface area contributed by atoms with Gasteiger partial charge >= 0.3 is 11.9 Å². The van der Waals surface area contributed by atoms with Gasteiger partial charge < -0.3 is 18.9 Å². The number of fused-ring (bicyclic) bond motifs is 3. The Bertz CT molecular complexity index is 1520. The lowest BCUT2D eigenvalue weighted by Crippen LogP contribution is -2.28. The van der Waals surface area contributed by atoms with E-state index in [1.165, 1.54) is 22.3 Å². The number of hydrogen-bond acceptors (Lipinski definition) is 6. The maximum absolute atomic E-state index is 11.6. The molecular formula is C37H34O6. The minimum Gasteiger partial charge on any atom is -0.490 e. The highest BCUT2D eigenvalue weighted by atomic mass is 16.6. The monoisotopic (exact) mass is 574 g/mol. The summed E-state index contributed by atoms with van der Waals surface area (Å²) in [6.07, 6.45) is 0. The molecule has 0 bridgehead atoms. The maximum Gasteiger partial charge on any atom is 0.333 e. The molecule has 4 aromatic rings. The Morgan fingerprint density at radius 3 is 1.30 bits per heavy atom. The normalized spacial score (nSPS) is 12.4. The summed E-state index contributed by atoms with van der Waals surface area (Å²) in [5.74, 6) is 0.506. The van der Waals surface area contributed by atoms with Crippen LogP contribution in [0, 0.1) is 0 Å². The van der Waals surface area contributed by atoms with Crippen LogP contribution >= 0.6 is 0 Å². The summed E-state index contributed by atoms with van der Waals surface area (Å²) >= 11 is 0. The third-order valence-corrected chi connectivity index (χ3v) is 7.39. The van der Waals surface area contributed by atoms with Gasteiger partial charge in [0.05, 0.1) is 5.41 Å². The van der Waals surface area contributed by atoms with Crippen molar-refractivity contribution >= 4 is 11.9 Å². The minimum atomic E-state index is -0.571. The van der Waals surface area contributed by atoms with Gasteiger partial charge in [0.1, 0.15) is 37.9 Å². The van der Waals surface area contributed by atoms with Crippen LogP contribution in [-0.4, -0.2) is 38.4 Å². The summed E-state index contributed by atoms with van der Waals surface area (Å²) in [5.41, 5.74) is 7.09. The first kappa shape index (κ1) is 29.4. The van der Waals surface area contributed by atoms with E-state index in [1.54, 1.807) is 13.8 Å². The van der Waals surface area contributed by atoms with E-state index in [9.17, 15) is 9.59 Å². The Hall–Kier alpha value is -5.10. The molecule has 0 spiro atoms. The lowest BCUT2D eigenvalue weighted by molar-refractivity contribution is -0.140. The van der Waals surface area contributed by atoms with E-state index >= 15 is 0 Å². The molecule has 0 atom stereocenters. The zero-order chi connectivity index (χ0) is 30.4. The highest BCUT2D eigenvalue weighted by Crippen LogP contribution is 2.56. The molecule has 0 unspecified atom stereocenters. The number of carbonyl (C=O) groups excluding carboxylic acids is 2. The standard InChI is InChI=1S/C37H34O6/c1-25(2)35(38)42-23-21-40-29-17-13-27(14-18-29)37(33-11-7-5-9-31(33)32-10-6-8-12-34(32)37)28-15-19-30(20-16-28)41-22-24-43-36(39)26(3)4/h5-20H,1,3,21-24H2,2,4H3. The third-order valence-electron chi connectivity index (χ3n) is 7.39. The Morgan fingerprint density at radius 2 is 0.930 bits per heavy atom.